The van der Waals surface area contributed by atoms with Crippen LogP contribution in [0.25, 0.3) is 22.0 Å². The first-order valence-corrected chi connectivity index (χ1v) is 11.5. The molecule has 1 aliphatic heterocycles. The lowest BCUT2D eigenvalue weighted by molar-refractivity contribution is 0.287. The molecule has 1 aliphatic rings. The van der Waals surface area contributed by atoms with Crippen LogP contribution >= 0.6 is 0 Å². The third-order valence-electron chi connectivity index (χ3n) is 6.15. The van der Waals surface area contributed by atoms with Crippen molar-refractivity contribution < 1.29 is 13.5 Å². The molecule has 0 atom stereocenters. The Balaban J connectivity index is 1.48. The summed E-state index contributed by atoms with van der Waals surface area (Å²) in [5, 5.41) is 5.30. The number of hydrogen-bond acceptors (Lipinski definition) is 6. The number of hydrogen-bond donors (Lipinski definition) is 1. The van der Waals surface area contributed by atoms with Crippen molar-refractivity contribution in [3.05, 3.63) is 66.4 Å². The summed E-state index contributed by atoms with van der Waals surface area (Å²) in [5.74, 6) is -0.754. The fourth-order valence-electron chi connectivity index (χ4n) is 4.32. The zero-order valence-corrected chi connectivity index (χ0v) is 20.1. The van der Waals surface area contributed by atoms with Gasteiger partial charge in [-0.3, -0.25) is 0 Å². The van der Waals surface area contributed by atoms with Gasteiger partial charge in [-0.15, -0.1) is 0 Å². The third-order valence-corrected chi connectivity index (χ3v) is 6.15. The van der Waals surface area contributed by atoms with Crippen LogP contribution in [-0.4, -0.2) is 43.3 Å². The number of halogens is 2. The van der Waals surface area contributed by atoms with Crippen LogP contribution in [0.3, 0.4) is 0 Å². The monoisotopic (exact) mass is 475 g/mol. The van der Waals surface area contributed by atoms with Gasteiger partial charge < -0.3 is 19.9 Å². The molecular weight excluding hydrogens is 448 g/mol. The average Bonchev–Trinajstić information content (AvgIpc) is 2.84. The molecule has 1 N–H and O–H groups in total. The number of fused-ring (bicyclic) bond motifs is 2. The first-order valence-electron chi connectivity index (χ1n) is 11.5. The van der Waals surface area contributed by atoms with Crippen LogP contribution in [0.4, 0.5) is 31.8 Å². The average molecular weight is 476 g/mol. The van der Waals surface area contributed by atoms with Gasteiger partial charge in [0.25, 0.3) is 0 Å². The van der Waals surface area contributed by atoms with Crippen LogP contribution in [0.5, 0.6) is 5.75 Å². The Bertz CT molecular complexity index is 1410. The van der Waals surface area contributed by atoms with Crippen molar-refractivity contribution in [2.75, 3.05) is 42.4 Å². The molecule has 0 fully saturated rings. The lowest BCUT2D eigenvalue weighted by Gasteiger charge is -2.34. The Labute approximate surface area is 203 Å². The molecule has 3 aromatic carbocycles. The van der Waals surface area contributed by atoms with Crippen LogP contribution in [0.15, 0.2) is 54.7 Å². The second-order valence-corrected chi connectivity index (χ2v) is 9.10. The van der Waals surface area contributed by atoms with Crippen molar-refractivity contribution in [1.82, 2.24) is 9.97 Å². The van der Waals surface area contributed by atoms with Gasteiger partial charge in [-0.25, -0.2) is 18.7 Å². The minimum absolute atomic E-state index is 0.0230. The van der Waals surface area contributed by atoms with Crippen LogP contribution in [0, 0.1) is 11.6 Å². The molecule has 1 aromatic heterocycles. The highest BCUT2D eigenvalue weighted by Crippen LogP contribution is 2.39. The summed E-state index contributed by atoms with van der Waals surface area (Å²) in [4.78, 5) is 12.6. The molecule has 0 amide bonds. The lowest BCUT2D eigenvalue weighted by Crippen LogP contribution is -2.38. The summed E-state index contributed by atoms with van der Waals surface area (Å²) in [6.45, 7) is 5.08. The lowest BCUT2D eigenvalue weighted by atomic mass is 10.1. The van der Waals surface area contributed by atoms with E-state index in [0.717, 1.165) is 28.3 Å². The molecule has 2 heterocycles. The maximum Gasteiger partial charge on any atom is 0.227 e. The molecule has 180 valence electrons. The Morgan fingerprint density at radius 3 is 2.54 bits per heavy atom. The molecule has 0 radical (unpaired) electrons. The molecule has 4 aromatic rings. The van der Waals surface area contributed by atoms with Crippen LogP contribution in [0.2, 0.25) is 0 Å². The van der Waals surface area contributed by atoms with E-state index in [1.165, 1.54) is 6.07 Å². The van der Waals surface area contributed by atoms with Crippen molar-refractivity contribution in [3.63, 3.8) is 0 Å². The normalized spacial score (nSPS) is 13.1. The van der Waals surface area contributed by atoms with Crippen molar-refractivity contribution in [3.8, 4) is 17.0 Å². The quantitative estimate of drug-likeness (QED) is 0.383. The fourth-order valence-corrected chi connectivity index (χ4v) is 4.32. The topological polar surface area (TPSA) is 53.5 Å². The first-order chi connectivity index (χ1) is 16.8. The predicted octanol–water partition coefficient (Wildman–Crippen LogP) is 5.99. The van der Waals surface area contributed by atoms with Crippen LogP contribution in [0.1, 0.15) is 13.8 Å². The van der Waals surface area contributed by atoms with Crippen molar-refractivity contribution >= 4 is 33.8 Å². The summed E-state index contributed by atoms with van der Waals surface area (Å²) in [7, 11) is 4.00. The van der Waals surface area contributed by atoms with Gasteiger partial charge in [-0.1, -0.05) is 12.1 Å². The molecular formula is C27H27F2N5O. The van der Waals surface area contributed by atoms with Gasteiger partial charge >= 0.3 is 0 Å². The van der Waals surface area contributed by atoms with E-state index in [2.05, 4.69) is 26.3 Å². The molecule has 5 rings (SSSR count). The van der Waals surface area contributed by atoms with E-state index in [1.807, 2.05) is 63.2 Å². The number of aromatic nitrogens is 2. The van der Waals surface area contributed by atoms with E-state index in [0.29, 0.717) is 24.4 Å². The highest BCUT2D eigenvalue weighted by Gasteiger charge is 2.25. The van der Waals surface area contributed by atoms with E-state index >= 15 is 0 Å². The number of benzene rings is 3. The Morgan fingerprint density at radius 2 is 1.77 bits per heavy atom. The molecule has 0 spiro atoms. The largest absolute Gasteiger partial charge is 0.486 e. The fraction of sp³-hybridized carbons (Fsp3) is 0.259. The number of ether oxygens (including phenoxy) is 1. The Morgan fingerprint density at radius 1 is 1.00 bits per heavy atom. The highest BCUT2D eigenvalue weighted by molar-refractivity contribution is 5.89. The third kappa shape index (κ3) is 4.43. The summed E-state index contributed by atoms with van der Waals surface area (Å²) in [6.07, 6.45) is 1.10. The van der Waals surface area contributed by atoms with Gasteiger partial charge in [0.2, 0.25) is 5.95 Å². The second-order valence-electron chi connectivity index (χ2n) is 9.10. The second kappa shape index (κ2) is 9.02. The summed E-state index contributed by atoms with van der Waals surface area (Å²) in [6, 6.07) is 15.2. The molecule has 0 saturated carbocycles. The Hall–Kier alpha value is -3.94. The molecule has 0 aliphatic carbocycles. The molecule has 0 bridgehead atoms. The smallest absolute Gasteiger partial charge is 0.227 e. The van der Waals surface area contributed by atoms with Gasteiger partial charge in [0, 0.05) is 37.1 Å². The Kier molecular flexibility index (Phi) is 5.88. The number of nitrogens with zero attached hydrogens (tertiary/aromatic N) is 4. The van der Waals surface area contributed by atoms with Gasteiger partial charge in [0.1, 0.15) is 12.3 Å². The zero-order chi connectivity index (χ0) is 24.7. The molecule has 8 heteroatoms. The molecule has 6 nitrogen and oxygen atoms in total. The van der Waals surface area contributed by atoms with Crippen molar-refractivity contribution in [1.29, 1.82) is 0 Å². The van der Waals surface area contributed by atoms with Crippen molar-refractivity contribution in [2.24, 2.45) is 0 Å². The zero-order valence-electron chi connectivity index (χ0n) is 20.1. The van der Waals surface area contributed by atoms with Gasteiger partial charge in [-0.2, -0.15) is 0 Å². The molecule has 0 saturated heterocycles. The summed E-state index contributed by atoms with van der Waals surface area (Å²) in [5.41, 5.74) is 2.83. The van der Waals surface area contributed by atoms with E-state index in [1.54, 1.807) is 6.07 Å². The minimum Gasteiger partial charge on any atom is -0.486 e. The van der Waals surface area contributed by atoms with E-state index in [4.69, 9.17) is 4.74 Å². The minimum atomic E-state index is -0.627. The summed E-state index contributed by atoms with van der Waals surface area (Å²) >= 11 is 0. The maximum absolute atomic E-state index is 14.9. The molecule has 0 unspecified atom stereocenters. The van der Waals surface area contributed by atoms with Gasteiger partial charge in [0.05, 0.1) is 18.4 Å². The number of anilines is 4. The molecule has 35 heavy (non-hydrogen) atoms. The highest BCUT2D eigenvalue weighted by atomic mass is 19.1. The van der Waals surface area contributed by atoms with Crippen LogP contribution < -0.4 is 19.9 Å². The maximum atomic E-state index is 14.9. The van der Waals surface area contributed by atoms with Crippen molar-refractivity contribution in [2.45, 2.75) is 19.9 Å². The number of rotatable bonds is 5. The SMILES string of the molecule is CC(C)N1CCOc2c(F)cc(-c3nc(Nc4ccc5cc(N(C)C)ccc5c4)ncc3F)cc21. The number of nitrogens with one attached hydrogen (secondary N) is 1. The van der Waals surface area contributed by atoms with E-state index in [9.17, 15) is 8.78 Å². The summed E-state index contributed by atoms with van der Waals surface area (Å²) < 4.78 is 35.3. The van der Waals surface area contributed by atoms with Crippen LogP contribution in [-0.2, 0) is 0 Å². The first kappa shape index (κ1) is 22.8. The predicted molar refractivity (Wildman–Crippen MR) is 137 cm³/mol. The standard InChI is InChI=1S/C27H27F2N5O/c1-16(2)34-9-10-35-26-22(28)13-19(14-24(26)34)25-23(29)15-30-27(32-25)31-20-7-5-18-12-21(33(3)4)8-6-17(18)11-20/h5-8,11-16H,9-10H2,1-4H3,(H,30,31,32). The van der Waals surface area contributed by atoms with E-state index < -0.39 is 11.6 Å². The van der Waals surface area contributed by atoms with Gasteiger partial charge in [-0.05, 0) is 61.0 Å². The van der Waals surface area contributed by atoms with E-state index in [-0.39, 0.29) is 23.4 Å². The van der Waals surface area contributed by atoms with Gasteiger partial charge in [0.15, 0.2) is 17.4 Å².